The molecule has 0 aliphatic carbocycles. The van der Waals surface area contributed by atoms with Gasteiger partial charge in [-0.15, -0.1) is 0 Å². The summed E-state index contributed by atoms with van der Waals surface area (Å²) in [6.07, 6.45) is 1.16. The van der Waals surface area contributed by atoms with E-state index < -0.39 is 9.84 Å². The molecule has 0 saturated heterocycles. The van der Waals surface area contributed by atoms with Gasteiger partial charge in [0.25, 0.3) is 0 Å². The summed E-state index contributed by atoms with van der Waals surface area (Å²) >= 11 is 11.8. The number of nitrogen functional groups attached to an aromatic ring is 1. The van der Waals surface area contributed by atoms with E-state index in [-0.39, 0.29) is 4.90 Å². The molecule has 20 heavy (non-hydrogen) atoms. The Morgan fingerprint density at radius 3 is 2.15 bits per heavy atom. The molecule has 0 heterocycles. The summed E-state index contributed by atoms with van der Waals surface area (Å²) < 4.78 is 22.7. The van der Waals surface area contributed by atoms with E-state index in [1.165, 1.54) is 12.1 Å². The highest BCUT2D eigenvalue weighted by Gasteiger charge is 2.08. The SMILES string of the molecule is CS(=O)(=O)c1ccc(Nc2cc(Cl)c(Cl)cc2N)cc1. The fourth-order valence-electron chi connectivity index (χ4n) is 1.61. The maximum absolute atomic E-state index is 11.4. The smallest absolute Gasteiger partial charge is 0.175 e. The second kappa shape index (κ2) is 5.52. The fourth-order valence-corrected chi connectivity index (χ4v) is 2.58. The number of halogens is 2. The fraction of sp³-hybridized carbons (Fsp3) is 0.0769. The number of nitrogens with two attached hydrogens (primary N) is 1. The van der Waals surface area contributed by atoms with Crippen LogP contribution in [0.4, 0.5) is 17.1 Å². The number of rotatable bonds is 3. The molecule has 0 spiro atoms. The van der Waals surface area contributed by atoms with Crippen LogP contribution in [0.2, 0.25) is 10.0 Å². The quantitative estimate of drug-likeness (QED) is 0.841. The van der Waals surface area contributed by atoms with Crippen LogP contribution < -0.4 is 11.1 Å². The van der Waals surface area contributed by atoms with Crippen molar-refractivity contribution in [2.45, 2.75) is 4.90 Å². The van der Waals surface area contributed by atoms with Crippen LogP contribution in [0.5, 0.6) is 0 Å². The third-order valence-electron chi connectivity index (χ3n) is 2.65. The Bertz CT molecular complexity index is 744. The molecular weight excluding hydrogens is 319 g/mol. The van der Waals surface area contributed by atoms with Crippen LogP contribution in [0.15, 0.2) is 41.3 Å². The molecule has 4 nitrogen and oxygen atoms in total. The third kappa shape index (κ3) is 3.36. The van der Waals surface area contributed by atoms with E-state index in [1.807, 2.05) is 0 Å². The Labute approximate surface area is 127 Å². The number of hydrogen-bond acceptors (Lipinski definition) is 4. The van der Waals surface area contributed by atoms with Crippen molar-refractivity contribution in [3.63, 3.8) is 0 Å². The van der Waals surface area contributed by atoms with Gasteiger partial charge in [-0.3, -0.25) is 0 Å². The zero-order chi connectivity index (χ0) is 14.9. The Kier molecular flexibility index (Phi) is 4.13. The van der Waals surface area contributed by atoms with E-state index in [1.54, 1.807) is 24.3 Å². The van der Waals surface area contributed by atoms with Crippen molar-refractivity contribution in [2.24, 2.45) is 0 Å². The standard InChI is InChI=1S/C13H12Cl2N2O2S/c1-20(18,19)9-4-2-8(3-5-9)17-13-7-11(15)10(14)6-12(13)16/h2-7,17H,16H2,1H3. The van der Waals surface area contributed by atoms with Crippen molar-refractivity contribution in [3.05, 3.63) is 46.4 Å². The molecule has 0 radical (unpaired) electrons. The average molecular weight is 331 g/mol. The van der Waals surface area contributed by atoms with Gasteiger partial charge in [0, 0.05) is 11.9 Å². The average Bonchev–Trinajstić information content (AvgIpc) is 2.35. The molecule has 0 aliphatic rings. The summed E-state index contributed by atoms with van der Waals surface area (Å²) in [5, 5.41) is 3.82. The molecule has 0 unspecified atom stereocenters. The lowest BCUT2D eigenvalue weighted by atomic mass is 10.2. The first-order chi connectivity index (χ1) is 9.27. The molecule has 3 N–H and O–H groups in total. The number of nitrogens with one attached hydrogen (secondary N) is 1. The van der Waals surface area contributed by atoms with E-state index in [4.69, 9.17) is 28.9 Å². The molecule has 2 rings (SSSR count). The summed E-state index contributed by atoms with van der Waals surface area (Å²) in [4.78, 5) is 0.255. The minimum absolute atomic E-state index is 0.255. The first-order valence-corrected chi connectivity index (χ1v) is 8.24. The van der Waals surface area contributed by atoms with Crippen LogP contribution in [0, 0.1) is 0 Å². The summed E-state index contributed by atoms with van der Waals surface area (Å²) in [5.41, 5.74) is 7.59. The van der Waals surface area contributed by atoms with Crippen LogP contribution >= 0.6 is 23.2 Å². The zero-order valence-corrected chi connectivity index (χ0v) is 12.9. The molecule has 2 aromatic carbocycles. The highest BCUT2D eigenvalue weighted by molar-refractivity contribution is 7.90. The largest absolute Gasteiger partial charge is 0.397 e. The molecule has 0 fully saturated rings. The number of sulfone groups is 1. The van der Waals surface area contributed by atoms with Gasteiger partial charge >= 0.3 is 0 Å². The molecule has 0 bridgehead atoms. The number of benzene rings is 2. The Hall–Kier alpha value is -1.43. The lowest BCUT2D eigenvalue weighted by molar-refractivity contribution is 0.602. The van der Waals surface area contributed by atoms with Gasteiger partial charge < -0.3 is 11.1 Å². The predicted molar refractivity (Wildman–Crippen MR) is 83.7 cm³/mol. The van der Waals surface area contributed by atoms with Crippen LogP contribution in [0.3, 0.4) is 0 Å². The highest BCUT2D eigenvalue weighted by atomic mass is 35.5. The topological polar surface area (TPSA) is 72.2 Å². The Morgan fingerprint density at radius 1 is 1.05 bits per heavy atom. The van der Waals surface area contributed by atoms with Crippen LogP contribution in [-0.4, -0.2) is 14.7 Å². The van der Waals surface area contributed by atoms with Gasteiger partial charge in [0.15, 0.2) is 9.84 Å². The van der Waals surface area contributed by atoms with Gasteiger partial charge in [-0.05, 0) is 36.4 Å². The molecule has 0 aromatic heterocycles. The molecule has 0 saturated carbocycles. The Morgan fingerprint density at radius 2 is 1.60 bits per heavy atom. The van der Waals surface area contributed by atoms with Crippen LogP contribution in [0.25, 0.3) is 0 Å². The molecule has 7 heteroatoms. The lowest BCUT2D eigenvalue weighted by Crippen LogP contribution is -1.99. The first kappa shape index (κ1) is 15.0. The maximum atomic E-state index is 11.4. The van der Waals surface area contributed by atoms with E-state index >= 15 is 0 Å². The monoisotopic (exact) mass is 330 g/mol. The normalized spacial score (nSPS) is 11.3. The van der Waals surface area contributed by atoms with Crippen LogP contribution in [-0.2, 0) is 9.84 Å². The predicted octanol–water partition coefficient (Wildman–Crippen LogP) is 3.72. The summed E-state index contributed by atoms with van der Waals surface area (Å²) in [5.74, 6) is 0. The van der Waals surface area contributed by atoms with Gasteiger partial charge in [0.1, 0.15) is 0 Å². The second-order valence-electron chi connectivity index (χ2n) is 4.28. The van der Waals surface area contributed by atoms with Crippen molar-refractivity contribution < 1.29 is 8.42 Å². The van der Waals surface area contributed by atoms with Gasteiger partial charge in [0.05, 0.1) is 26.3 Å². The van der Waals surface area contributed by atoms with Crippen molar-refractivity contribution in [1.82, 2.24) is 0 Å². The minimum Gasteiger partial charge on any atom is -0.397 e. The molecule has 0 amide bonds. The molecule has 0 aliphatic heterocycles. The second-order valence-corrected chi connectivity index (χ2v) is 7.11. The van der Waals surface area contributed by atoms with E-state index in [2.05, 4.69) is 5.32 Å². The number of anilines is 3. The van der Waals surface area contributed by atoms with E-state index in [0.717, 1.165) is 6.26 Å². The summed E-state index contributed by atoms with van der Waals surface area (Å²) in [7, 11) is -3.20. The van der Waals surface area contributed by atoms with Crippen molar-refractivity contribution in [1.29, 1.82) is 0 Å². The maximum Gasteiger partial charge on any atom is 0.175 e. The zero-order valence-electron chi connectivity index (χ0n) is 10.5. The van der Waals surface area contributed by atoms with E-state index in [0.29, 0.717) is 27.1 Å². The van der Waals surface area contributed by atoms with Gasteiger partial charge in [-0.2, -0.15) is 0 Å². The van der Waals surface area contributed by atoms with E-state index in [9.17, 15) is 8.42 Å². The van der Waals surface area contributed by atoms with Gasteiger partial charge in [0.2, 0.25) is 0 Å². The highest BCUT2D eigenvalue weighted by Crippen LogP contribution is 2.32. The van der Waals surface area contributed by atoms with Crippen molar-refractivity contribution >= 4 is 50.1 Å². The lowest BCUT2D eigenvalue weighted by Gasteiger charge is -2.11. The first-order valence-electron chi connectivity index (χ1n) is 5.59. The molecular formula is C13H12Cl2N2O2S. The minimum atomic E-state index is -3.20. The Balaban J connectivity index is 2.29. The summed E-state index contributed by atoms with van der Waals surface area (Å²) in [6, 6.07) is 9.51. The molecule has 0 atom stereocenters. The van der Waals surface area contributed by atoms with Gasteiger partial charge in [-0.25, -0.2) is 8.42 Å². The molecule has 2 aromatic rings. The van der Waals surface area contributed by atoms with Gasteiger partial charge in [-0.1, -0.05) is 23.2 Å². The summed E-state index contributed by atoms with van der Waals surface area (Å²) in [6.45, 7) is 0. The van der Waals surface area contributed by atoms with Crippen LogP contribution in [0.1, 0.15) is 0 Å². The third-order valence-corrected chi connectivity index (χ3v) is 4.50. The molecule has 106 valence electrons. The van der Waals surface area contributed by atoms with Crippen molar-refractivity contribution in [2.75, 3.05) is 17.3 Å². The van der Waals surface area contributed by atoms with Crippen molar-refractivity contribution in [3.8, 4) is 0 Å². The number of hydrogen-bond donors (Lipinski definition) is 2.